The number of benzene rings is 1. The van der Waals surface area contributed by atoms with Gasteiger partial charge in [0.25, 0.3) is 0 Å². The van der Waals surface area contributed by atoms with Crippen molar-refractivity contribution in [3.8, 4) is 5.75 Å². The molecule has 10 nitrogen and oxygen atoms in total. The maximum Gasteiger partial charge on any atom is 0.414 e. The van der Waals surface area contributed by atoms with Crippen LogP contribution in [0.5, 0.6) is 5.75 Å². The molecule has 9 rings (SSSR count). The zero-order chi connectivity index (χ0) is 23.8. The summed E-state index contributed by atoms with van der Waals surface area (Å²) in [5.74, 6) is -0.415. The van der Waals surface area contributed by atoms with Gasteiger partial charge in [-0.3, -0.25) is 9.80 Å². The highest BCUT2D eigenvalue weighted by Crippen LogP contribution is 2.80. The monoisotopic (exact) mass is 472 g/mol. The number of methoxy groups -OCH3 is 3. The summed E-state index contributed by atoms with van der Waals surface area (Å²) < 4.78 is 22.6. The number of piperidine rings is 1. The molecule has 34 heavy (non-hydrogen) atoms. The van der Waals surface area contributed by atoms with E-state index in [1.165, 1.54) is 26.2 Å². The molecule has 0 aromatic heterocycles. The Hall–Kier alpha value is -2.40. The third kappa shape index (κ3) is 1.66. The number of fused-ring (bicyclic) bond motifs is 3. The Morgan fingerprint density at radius 1 is 1.15 bits per heavy atom. The van der Waals surface area contributed by atoms with Crippen molar-refractivity contribution in [1.29, 1.82) is 0 Å². The Balaban J connectivity index is 1.65. The molecule has 182 valence electrons. The van der Waals surface area contributed by atoms with Crippen molar-refractivity contribution < 1.29 is 38.7 Å². The van der Waals surface area contributed by atoms with E-state index < -0.39 is 52.5 Å². The molecule has 10 heteroatoms. The van der Waals surface area contributed by atoms with Crippen LogP contribution in [-0.2, 0) is 24.4 Å². The van der Waals surface area contributed by atoms with Crippen molar-refractivity contribution >= 4 is 17.7 Å². The van der Waals surface area contributed by atoms with Gasteiger partial charge in [0.2, 0.25) is 5.60 Å². The van der Waals surface area contributed by atoms with Gasteiger partial charge in [0.15, 0.2) is 0 Å². The molecular formula is C24H28N2O8. The molecule has 3 spiro atoms. The zero-order valence-corrected chi connectivity index (χ0v) is 19.3. The number of para-hydroxylation sites is 1. The van der Waals surface area contributed by atoms with E-state index in [1.54, 1.807) is 6.07 Å². The molecule has 8 aliphatic rings. The summed E-state index contributed by atoms with van der Waals surface area (Å²) in [6.45, 7) is 0.654. The van der Waals surface area contributed by atoms with Crippen molar-refractivity contribution in [2.45, 2.75) is 66.7 Å². The number of esters is 1. The van der Waals surface area contributed by atoms with Crippen molar-refractivity contribution in [1.82, 2.24) is 4.90 Å². The van der Waals surface area contributed by atoms with E-state index in [4.69, 9.17) is 18.9 Å². The molecule has 3 aliphatic carbocycles. The molecule has 0 radical (unpaired) electrons. The third-order valence-corrected chi connectivity index (χ3v) is 10.1. The van der Waals surface area contributed by atoms with Gasteiger partial charge in [-0.15, -0.1) is 0 Å². The number of hydrogen-bond acceptors (Lipinski definition) is 9. The lowest BCUT2D eigenvalue weighted by Crippen LogP contribution is -2.95. The average Bonchev–Trinajstić information content (AvgIpc) is 3.41. The summed E-state index contributed by atoms with van der Waals surface area (Å²) in [5, 5.41) is 24.2. The summed E-state index contributed by atoms with van der Waals surface area (Å²) in [4.78, 5) is 31.0. The molecule has 1 amide bonds. The van der Waals surface area contributed by atoms with Gasteiger partial charge in [-0.2, -0.15) is 0 Å². The van der Waals surface area contributed by atoms with E-state index in [1.807, 2.05) is 12.1 Å². The first kappa shape index (κ1) is 20.9. The third-order valence-electron chi connectivity index (χ3n) is 10.1. The summed E-state index contributed by atoms with van der Waals surface area (Å²) in [5.41, 5.74) is -4.09. The van der Waals surface area contributed by atoms with Crippen LogP contribution in [-0.4, -0.2) is 90.7 Å². The quantitative estimate of drug-likeness (QED) is 0.594. The number of rotatable bonds is 2. The highest BCUT2D eigenvalue weighted by Gasteiger charge is 2.93. The van der Waals surface area contributed by atoms with E-state index in [2.05, 4.69) is 4.90 Å². The van der Waals surface area contributed by atoms with Crippen molar-refractivity contribution in [2.75, 3.05) is 32.8 Å². The van der Waals surface area contributed by atoms with Gasteiger partial charge >= 0.3 is 12.1 Å². The Morgan fingerprint density at radius 2 is 1.94 bits per heavy atom. The van der Waals surface area contributed by atoms with Gasteiger partial charge in [0.05, 0.1) is 33.1 Å². The van der Waals surface area contributed by atoms with E-state index in [0.29, 0.717) is 37.2 Å². The van der Waals surface area contributed by atoms with Crippen molar-refractivity contribution in [3.63, 3.8) is 0 Å². The van der Waals surface area contributed by atoms with Gasteiger partial charge < -0.3 is 29.2 Å². The number of aliphatic hydroxyl groups is 2. The smallest absolute Gasteiger partial charge is 0.414 e. The first-order valence-electron chi connectivity index (χ1n) is 11.8. The van der Waals surface area contributed by atoms with Gasteiger partial charge in [0, 0.05) is 29.8 Å². The number of carbonyl (C=O) groups is 2. The summed E-state index contributed by atoms with van der Waals surface area (Å²) in [6, 6.07) is 5.35. The van der Waals surface area contributed by atoms with Crippen LogP contribution in [0.1, 0.15) is 31.2 Å². The molecule has 8 atom stereocenters. The number of nitrogens with zero attached hydrogens (tertiary/aromatic N) is 2. The predicted molar refractivity (Wildman–Crippen MR) is 115 cm³/mol. The van der Waals surface area contributed by atoms with Crippen LogP contribution in [0.15, 0.2) is 18.2 Å². The molecule has 1 aromatic carbocycles. The zero-order valence-electron chi connectivity index (χ0n) is 19.3. The number of ether oxygens (including phenoxy) is 4. The minimum absolute atomic E-state index is 0.230. The highest BCUT2D eigenvalue weighted by atomic mass is 16.6. The fourth-order valence-corrected chi connectivity index (χ4v) is 9.34. The molecule has 2 N–H and O–H groups in total. The van der Waals surface area contributed by atoms with E-state index >= 15 is 0 Å². The topological polar surface area (TPSA) is 118 Å². The Bertz CT molecular complexity index is 1140. The van der Waals surface area contributed by atoms with Crippen molar-refractivity contribution in [2.24, 2.45) is 5.41 Å². The van der Waals surface area contributed by atoms with Crippen LogP contribution >= 0.6 is 0 Å². The predicted octanol–water partition coefficient (Wildman–Crippen LogP) is 0.520. The number of hydrogen-bond donors (Lipinski definition) is 2. The van der Waals surface area contributed by atoms with Crippen molar-refractivity contribution in [3.05, 3.63) is 23.8 Å². The lowest BCUT2D eigenvalue weighted by atomic mass is 9.35. The number of amides is 1. The molecule has 7 fully saturated rings. The second-order valence-corrected chi connectivity index (χ2v) is 10.5. The minimum Gasteiger partial charge on any atom is -0.495 e. The fraction of sp³-hybridized carbons (Fsp3) is 0.667. The summed E-state index contributed by atoms with van der Waals surface area (Å²) in [6.07, 6.45) is -1.16. The minimum atomic E-state index is -2.23. The average molecular weight is 472 g/mol. The van der Waals surface area contributed by atoms with E-state index in [0.717, 1.165) is 5.56 Å². The van der Waals surface area contributed by atoms with Crippen LogP contribution in [0.4, 0.5) is 10.5 Å². The molecule has 3 saturated carbocycles. The number of carbonyl (C=O) groups excluding carboxylic acids is 2. The molecule has 5 heterocycles. The second-order valence-electron chi connectivity index (χ2n) is 10.5. The summed E-state index contributed by atoms with van der Waals surface area (Å²) >= 11 is 0. The van der Waals surface area contributed by atoms with Gasteiger partial charge in [0.1, 0.15) is 23.6 Å². The normalized spacial score (nSPS) is 46.8. The lowest BCUT2D eigenvalue weighted by molar-refractivity contribution is -0.389. The molecule has 4 saturated heterocycles. The first-order chi connectivity index (χ1) is 16.3. The molecule has 5 bridgehead atoms. The largest absolute Gasteiger partial charge is 0.495 e. The van der Waals surface area contributed by atoms with Crippen LogP contribution in [0.2, 0.25) is 0 Å². The SMILES string of the molecule is COC(=O)N1c2c(OC)cccc2C23CCN4C5CC(O)C6(CCC12C(O)(C(=O)OC)C6O5)C43. The number of aliphatic hydroxyl groups excluding tert-OH is 1. The van der Waals surface area contributed by atoms with Crippen LogP contribution < -0.4 is 9.64 Å². The van der Waals surface area contributed by atoms with Crippen LogP contribution in [0.25, 0.3) is 0 Å². The molecule has 1 aromatic rings. The fourth-order valence-electron chi connectivity index (χ4n) is 9.34. The second kappa shape index (κ2) is 6.04. The van der Waals surface area contributed by atoms with Gasteiger partial charge in [-0.25, -0.2) is 9.59 Å². The van der Waals surface area contributed by atoms with Crippen LogP contribution in [0.3, 0.4) is 0 Å². The maximum atomic E-state index is 13.7. The van der Waals surface area contributed by atoms with Gasteiger partial charge in [-0.05, 0) is 30.9 Å². The lowest BCUT2D eigenvalue weighted by Gasteiger charge is -2.78. The molecule has 8 unspecified atom stereocenters. The molecular weight excluding hydrogens is 444 g/mol. The maximum absolute atomic E-state index is 13.7. The van der Waals surface area contributed by atoms with Crippen LogP contribution in [0, 0.1) is 5.41 Å². The first-order valence-corrected chi connectivity index (χ1v) is 11.8. The Morgan fingerprint density at radius 3 is 2.65 bits per heavy atom. The molecule has 5 aliphatic heterocycles. The van der Waals surface area contributed by atoms with E-state index in [-0.39, 0.29) is 12.5 Å². The van der Waals surface area contributed by atoms with E-state index in [9.17, 15) is 19.8 Å². The van der Waals surface area contributed by atoms with Gasteiger partial charge in [-0.1, -0.05) is 12.1 Å². The Labute approximate surface area is 196 Å². The highest BCUT2D eigenvalue weighted by molar-refractivity contribution is 6.01. The number of anilines is 1. The Kier molecular flexibility index (Phi) is 3.72. The summed E-state index contributed by atoms with van der Waals surface area (Å²) in [7, 11) is 4.04. The standard InChI is InChI=1S/C24H28N2O8/c1-31-13-6-4-5-12-16(13)26(20(29)33-3)23-8-7-21-14(27)11-15(25-10-9-22(12,23)17(21)25)34-18(21)24(23,30)19(28)32-2/h4-6,14-15,17-18,27,30H,7-11H2,1-3H3.